The Bertz CT molecular complexity index is 1290. The number of fused-ring (bicyclic) bond motifs is 1. The van der Waals surface area contributed by atoms with Gasteiger partial charge in [-0.1, -0.05) is 35.9 Å². The Morgan fingerprint density at radius 2 is 1.67 bits per heavy atom. The first-order chi connectivity index (χ1) is 14.3. The van der Waals surface area contributed by atoms with Crippen molar-refractivity contribution < 1.29 is 22.3 Å². The minimum Gasteiger partial charge on any atom is -0.456 e. The van der Waals surface area contributed by atoms with Gasteiger partial charge < -0.3 is 9.53 Å². The van der Waals surface area contributed by atoms with Crippen molar-refractivity contribution in [1.29, 1.82) is 0 Å². The third-order valence-corrected chi connectivity index (χ3v) is 6.05. The summed E-state index contributed by atoms with van der Waals surface area (Å²) in [6.07, 6.45) is 0.784. The third kappa shape index (κ3) is 3.63. The van der Waals surface area contributed by atoms with Gasteiger partial charge in [-0.05, 0) is 48.0 Å². The zero-order chi connectivity index (χ0) is 21.5. The standard InChI is InChI=1S/C22H15ClFNO4S/c23-18-11-14(7-10-19(18)24)21-17(12-26)16-3-1-2-4-20(16)29-22(21)13-5-8-15(9-6-13)30(25,27)28/h1-12,17H,(H2,25,27,28). The van der Waals surface area contributed by atoms with E-state index in [0.29, 0.717) is 33.8 Å². The molecule has 4 rings (SSSR count). The van der Waals surface area contributed by atoms with Crippen LogP contribution in [-0.2, 0) is 14.8 Å². The Morgan fingerprint density at radius 1 is 1.00 bits per heavy atom. The van der Waals surface area contributed by atoms with Crippen molar-refractivity contribution in [2.75, 3.05) is 0 Å². The number of para-hydroxylation sites is 1. The maximum atomic E-state index is 13.7. The lowest BCUT2D eigenvalue weighted by Crippen LogP contribution is -2.16. The fourth-order valence-corrected chi connectivity index (χ4v) is 4.11. The average Bonchev–Trinajstić information content (AvgIpc) is 2.74. The topological polar surface area (TPSA) is 86.5 Å². The molecule has 0 saturated heterocycles. The first-order valence-electron chi connectivity index (χ1n) is 8.84. The van der Waals surface area contributed by atoms with Crippen molar-refractivity contribution in [1.82, 2.24) is 0 Å². The van der Waals surface area contributed by atoms with Gasteiger partial charge in [0.1, 0.15) is 23.6 Å². The van der Waals surface area contributed by atoms with E-state index in [0.717, 1.165) is 6.29 Å². The Kier molecular flexibility index (Phi) is 5.19. The Hall–Kier alpha value is -3.00. The van der Waals surface area contributed by atoms with Crippen LogP contribution < -0.4 is 9.88 Å². The van der Waals surface area contributed by atoms with Crippen LogP contribution in [0.2, 0.25) is 5.02 Å². The summed E-state index contributed by atoms with van der Waals surface area (Å²) in [7, 11) is -3.86. The van der Waals surface area contributed by atoms with Gasteiger partial charge in [0.25, 0.3) is 0 Å². The summed E-state index contributed by atoms with van der Waals surface area (Å²) in [5.41, 5.74) is 2.19. The van der Waals surface area contributed by atoms with Crippen LogP contribution in [0.4, 0.5) is 4.39 Å². The van der Waals surface area contributed by atoms with Crippen LogP contribution >= 0.6 is 11.6 Å². The number of hydrogen-bond acceptors (Lipinski definition) is 4. The molecule has 1 heterocycles. The van der Waals surface area contributed by atoms with Crippen molar-refractivity contribution in [2.24, 2.45) is 5.14 Å². The first kappa shape index (κ1) is 20.3. The molecule has 0 amide bonds. The number of benzene rings is 3. The molecular formula is C22H15ClFNO4S. The van der Waals surface area contributed by atoms with Crippen LogP contribution in [0.3, 0.4) is 0 Å². The van der Waals surface area contributed by atoms with E-state index in [9.17, 15) is 17.6 Å². The molecule has 1 aliphatic rings. The predicted molar refractivity (Wildman–Crippen MR) is 112 cm³/mol. The van der Waals surface area contributed by atoms with E-state index in [1.54, 1.807) is 24.3 Å². The Morgan fingerprint density at radius 3 is 2.30 bits per heavy atom. The molecule has 2 N–H and O–H groups in total. The van der Waals surface area contributed by atoms with Gasteiger partial charge in [-0.2, -0.15) is 0 Å². The number of carbonyl (C=O) groups excluding carboxylic acids is 1. The summed E-state index contributed by atoms with van der Waals surface area (Å²) < 4.78 is 43.0. The number of sulfonamides is 1. The third-order valence-electron chi connectivity index (χ3n) is 4.83. The summed E-state index contributed by atoms with van der Waals surface area (Å²) in [6, 6.07) is 17.0. The number of aldehydes is 1. The highest BCUT2D eigenvalue weighted by atomic mass is 35.5. The van der Waals surface area contributed by atoms with Crippen molar-refractivity contribution in [3.63, 3.8) is 0 Å². The second-order valence-corrected chi connectivity index (χ2v) is 8.66. The molecule has 152 valence electrons. The molecule has 0 fully saturated rings. The Labute approximate surface area is 177 Å². The molecule has 30 heavy (non-hydrogen) atoms. The highest BCUT2D eigenvalue weighted by Gasteiger charge is 2.31. The molecule has 0 aromatic heterocycles. The van der Waals surface area contributed by atoms with Gasteiger partial charge in [-0.3, -0.25) is 0 Å². The molecule has 8 heteroatoms. The van der Waals surface area contributed by atoms with Gasteiger partial charge in [-0.15, -0.1) is 0 Å². The smallest absolute Gasteiger partial charge is 0.238 e. The number of hydrogen-bond donors (Lipinski definition) is 1. The molecule has 1 aliphatic heterocycles. The minimum absolute atomic E-state index is 0.0543. The molecule has 3 aromatic carbocycles. The SMILES string of the molecule is NS(=O)(=O)c1ccc(C2=C(c3ccc(F)c(Cl)c3)C(C=O)c3ccccc3O2)cc1. The van der Waals surface area contributed by atoms with Gasteiger partial charge in [-0.25, -0.2) is 17.9 Å². The van der Waals surface area contributed by atoms with Crippen LogP contribution in [0.5, 0.6) is 5.75 Å². The zero-order valence-corrected chi connectivity index (χ0v) is 17.0. The van der Waals surface area contributed by atoms with E-state index < -0.39 is 21.8 Å². The van der Waals surface area contributed by atoms with Gasteiger partial charge in [0.15, 0.2) is 0 Å². The quantitative estimate of drug-likeness (QED) is 0.606. The molecule has 0 radical (unpaired) electrons. The average molecular weight is 444 g/mol. The first-order valence-corrected chi connectivity index (χ1v) is 10.8. The summed E-state index contributed by atoms with van der Waals surface area (Å²) in [6.45, 7) is 0. The lowest BCUT2D eigenvalue weighted by atomic mass is 9.83. The largest absolute Gasteiger partial charge is 0.456 e. The van der Waals surface area contributed by atoms with Crippen molar-refractivity contribution in [3.05, 3.63) is 94.3 Å². The fraction of sp³-hybridized carbons (Fsp3) is 0.0455. The van der Waals surface area contributed by atoms with Gasteiger partial charge in [0.2, 0.25) is 10.0 Å². The van der Waals surface area contributed by atoms with Crippen LogP contribution in [-0.4, -0.2) is 14.7 Å². The molecule has 0 spiro atoms. The zero-order valence-electron chi connectivity index (χ0n) is 15.4. The number of halogens is 2. The van der Waals surface area contributed by atoms with Crippen molar-refractivity contribution in [2.45, 2.75) is 10.8 Å². The van der Waals surface area contributed by atoms with Crippen molar-refractivity contribution >= 4 is 39.2 Å². The number of carbonyl (C=O) groups is 1. The minimum atomic E-state index is -3.86. The molecule has 5 nitrogen and oxygen atoms in total. The second-order valence-electron chi connectivity index (χ2n) is 6.69. The maximum Gasteiger partial charge on any atom is 0.238 e. The molecular weight excluding hydrogens is 429 g/mol. The van der Waals surface area contributed by atoms with Crippen LogP contribution in [0.25, 0.3) is 11.3 Å². The highest BCUT2D eigenvalue weighted by molar-refractivity contribution is 7.89. The van der Waals surface area contributed by atoms with Crippen LogP contribution in [0.15, 0.2) is 71.6 Å². The van der Waals surface area contributed by atoms with E-state index in [4.69, 9.17) is 21.5 Å². The Balaban J connectivity index is 1.97. The van der Waals surface area contributed by atoms with Gasteiger partial charge in [0, 0.05) is 16.7 Å². The van der Waals surface area contributed by atoms with Crippen LogP contribution in [0, 0.1) is 5.82 Å². The molecule has 0 aliphatic carbocycles. The molecule has 0 bridgehead atoms. The fourth-order valence-electron chi connectivity index (χ4n) is 3.42. The molecule has 3 aromatic rings. The normalized spacial score (nSPS) is 16.0. The monoisotopic (exact) mass is 443 g/mol. The van der Waals surface area contributed by atoms with E-state index in [-0.39, 0.29) is 9.92 Å². The lowest BCUT2D eigenvalue weighted by Gasteiger charge is -2.28. The van der Waals surface area contributed by atoms with E-state index in [1.807, 2.05) is 0 Å². The number of primary sulfonamides is 1. The molecule has 1 unspecified atom stereocenters. The molecule has 0 saturated carbocycles. The highest BCUT2D eigenvalue weighted by Crippen LogP contribution is 2.46. The number of allylic oxidation sites excluding steroid dienone is 1. The number of rotatable bonds is 4. The van der Waals surface area contributed by atoms with Gasteiger partial charge >= 0.3 is 0 Å². The van der Waals surface area contributed by atoms with Gasteiger partial charge in [0.05, 0.1) is 15.8 Å². The summed E-state index contributed by atoms with van der Waals surface area (Å²) in [5.74, 6) is -0.434. The number of nitrogens with two attached hydrogens (primary N) is 1. The van der Waals surface area contributed by atoms with E-state index >= 15 is 0 Å². The number of ether oxygens (including phenoxy) is 1. The van der Waals surface area contributed by atoms with Crippen molar-refractivity contribution in [3.8, 4) is 5.75 Å². The molecule has 1 atom stereocenters. The van der Waals surface area contributed by atoms with E-state index in [2.05, 4.69) is 0 Å². The lowest BCUT2D eigenvalue weighted by molar-refractivity contribution is -0.108. The summed E-state index contributed by atoms with van der Waals surface area (Å²) in [4.78, 5) is 12.1. The van der Waals surface area contributed by atoms with Crippen LogP contribution in [0.1, 0.15) is 22.6 Å². The maximum absolute atomic E-state index is 13.7. The van der Waals surface area contributed by atoms with E-state index in [1.165, 1.54) is 42.5 Å². The summed E-state index contributed by atoms with van der Waals surface area (Å²) >= 11 is 5.98. The second kappa shape index (κ2) is 7.68. The summed E-state index contributed by atoms with van der Waals surface area (Å²) in [5, 5.41) is 5.08. The predicted octanol–water partition coefficient (Wildman–Crippen LogP) is 4.37.